The van der Waals surface area contributed by atoms with E-state index in [1.165, 1.54) is 5.56 Å². The Bertz CT molecular complexity index is 1690. The summed E-state index contributed by atoms with van der Waals surface area (Å²) < 4.78 is 39.7. The molecule has 6 rings (SSSR count). The van der Waals surface area contributed by atoms with Gasteiger partial charge in [0.2, 0.25) is 0 Å². The fourth-order valence-electron chi connectivity index (χ4n) is 6.11. The summed E-state index contributed by atoms with van der Waals surface area (Å²) >= 11 is 0. The minimum Gasteiger partial charge on any atom is -0.356 e. The number of hydrogen-bond donors (Lipinski definition) is 2. The van der Waals surface area contributed by atoms with Gasteiger partial charge in [-0.25, -0.2) is 13.2 Å². The molecule has 9 heteroatoms. The van der Waals surface area contributed by atoms with Crippen LogP contribution in [0.1, 0.15) is 52.0 Å². The number of nitrogens with zero attached hydrogens (tertiary/aromatic N) is 2. The van der Waals surface area contributed by atoms with Crippen LogP contribution >= 0.6 is 0 Å². The Morgan fingerprint density at radius 2 is 1.00 bits per heavy atom. The van der Waals surface area contributed by atoms with Crippen LogP contribution in [0.25, 0.3) is 0 Å². The van der Waals surface area contributed by atoms with Crippen molar-refractivity contribution in [1.82, 2.24) is 9.80 Å². The number of anilines is 4. The predicted molar refractivity (Wildman–Crippen MR) is 186 cm³/mol. The van der Waals surface area contributed by atoms with E-state index in [4.69, 9.17) is 0 Å². The summed E-state index contributed by atoms with van der Waals surface area (Å²) in [5, 5.41) is 6.19. The number of hydrogen-bond acceptors (Lipinski definition) is 6. The molecule has 0 spiro atoms. The Morgan fingerprint density at radius 1 is 0.583 bits per heavy atom. The molecule has 0 bridgehead atoms. The van der Waals surface area contributed by atoms with Crippen LogP contribution in [0.15, 0.2) is 84.9 Å². The van der Waals surface area contributed by atoms with Gasteiger partial charge in [-0.2, -0.15) is 0 Å². The number of Topliss-reactive ketones (excluding diaryl/α,β-unsaturated/α-hetero) is 2. The Hall–Kier alpha value is -4.47. The number of carbonyl (C=O) groups excluding carboxylic acids is 2. The first-order valence-electron chi connectivity index (χ1n) is 16.5. The number of halogens is 3. The lowest BCUT2D eigenvalue weighted by Gasteiger charge is -2.28. The highest BCUT2D eigenvalue weighted by molar-refractivity contribution is 5.99. The molecular formula is C39H43F3N4O2. The van der Waals surface area contributed by atoms with Crippen molar-refractivity contribution in [1.29, 1.82) is 0 Å². The fraction of sp³-hybridized carbons (Fsp3) is 0.333. The molecule has 2 heterocycles. The number of carbonyl (C=O) groups is 2. The summed E-state index contributed by atoms with van der Waals surface area (Å²) in [5.41, 5.74) is 5.22. The highest BCUT2D eigenvalue weighted by Crippen LogP contribution is 2.26. The van der Waals surface area contributed by atoms with E-state index in [0.29, 0.717) is 11.3 Å². The van der Waals surface area contributed by atoms with Crippen molar-refractivity contribution in [3.05, 3.63) is 119 Å². The third-order valence-corrected chi connectivity index (χ3v) is 9.09. The first-order chi connectivity index (χ1) is 23.0. The molecule has 0 saturated carbocycles. The standard InChI is InChI=1S/C20H24N2O.C19H19F3N2O/c1-15-6-8-18(9-7-15)21-19-5-3-4-17(14-19)20(23)16-10-12-22(2)13-11-16;1-24-7-5-12(6-8-24)19(25)13-3-2-4-14(9-13)23-15-10-16(20)18(22)17(21)11-15/h3-9,14,16,21H,10-13H2,1-2H3;2-4,9-12,23H,5-8H2,1H3. The van der Waals surface area contributed by atoms with Crippen LogP contribution in [0, 0.1) is 36.2 Å². The largest absolute Gasteiger partial charge is 0.356 e. The molecule has 2 aliphatic rings. The van der Waals surface area contributed by atoms with Crippen LogP contribution in [-0.4, -0.2) is 61.6 Å². The molecule has 0 amide bonds. The zero-order chi connectivity index (χ0) is 34.2. The van der Waals surface area contributed by atoms with Gasteiger partial charge in [0.05, 0.1) is 0 Å². The zero-order valence-electron chi connectivity index (χ0n) is 27.7. The van der Waals surface area contributed by atoms with Gasteiger partial charge >= 0.3 is 0 Å². The Kier molecular flexibility index (Phi) is 11.7. The Labute approximate surface area is 281 Å². The third-order valence-electron chi connectivity index (χ3n) is 9.09. The summed E-state index contributed by atoms with van der Waals surface area (Å²) in [4.78, 5) is 29.8. The number of rotatable bonds is 8. The van der Waals surface area contributed by atoms with Crippen LogP contribution in [-0.2, 0) is 0 Å². The summed E-state index contributed by atoms with van der Waals surface area (Å²) in [6.45, 7) is 5.88. The molecule has 6 nitrogen and oxygen atoms in total. The van der Waals surface area contributed by atoms with E-state index in [1.807, 2.05) is 31.3 Å². The normalized spacial score (nSPS) is 16.1. The zero-order valence-corrected chi connectivity index (χ0v) is 27.7. The van der Waals surface area contributed by atoms with Gasteiger partial charge in [0.1, 0.15) is 0 Å². The van der Waals surface area contributed by atoms with E-state index >= 15 is 0 Å². The topological polar surface area (TPSA) is 64.7 Å². The van der Waals surface area contributed by atoms with Crippen molar-refractivity contribution >= 4 is 34.3 Å². The maximum absolute atomic E-state index is 13.3. The van der Waals surface area contributed by atoms with Crippen molar-refractivity contribution in [2.24, 2.45) is 11.8 Å². The number of likely N-dealkylation sites (tertiary alicyclic amines) is 2. The van der Waals surface area contributed by atoms with Crippen molar-refractivity contribution < 1.29 is 22.8 Å². The van der Waals surface area contributed by atoms with E-state index in [1.54, 1.807) is 24.3 Å². The molecule has 0 unspecified atom stereocenters. The molecule has 0 radical (unpaired) electrons. The monoisotopic (exact) mass is 656 g/mol. The van der Waals surface area contributed by atoms with Gasteiger partial charge in [0.25, 0.3) is 0 Å². The lowest BCUT2D eigenvalue weighted by atomic mass is 9.89. The van der Waals surface area contributed by atoms with Crippen LogP contribution in [0.5, 0.6) is 0 Å². The number of nitrogens with one attached hydrogen (secondary N) is 2. The molecule has 2 N–H and O–H groups in total. The number of piperidine rings is 2. The molecule has 4 aromatic carbocycles. The van der Waals surface area contributed by atoms with Gasteiger partial charge in [-0.1, -0.05) is 42.0 Å². The van der Waals surface area contributed by atoms with Gasteiger partial charge < -0.3 is 20.4 Å². The lowest BCUT2D eigenvalue weighted by Crippen LogP contribution is -2.33. The first kappa shape index (κ1) is 34.9. The van der Waals surface area contributed by atoms with Gasteiger partial charge in [-0.3, -0.25) is 9.59 Å². The van der Waals surface area contributed by atoms with Crippen LogP contribution in [0.3, 0.4) is 0 Å². The number of benzene rings is 4. The molecule has 0 aromatic heterocycles. The van der Waals surface area contributed by atoms with Gasteiger partial charge in [0.15, 0.2) is 29.0 Å². The third kappa shape index (κ3) is 9.33. The van der Waals surface area contributed by atoms with E-state index < -0.39 is 17.5 Å². The smallest absolute Gasteiger partial charge is 0.194 e. The number of aryl methyl sites for hydroxylation is 1. The van der Waals surface area contributed by atoms with Crippen LogP contribution in [0.2, 0.25) is 0 Å². The molecule has 2 saturated heterocycles. The SMILES string of the molecule is CN1CCC(C(=O)c2cccc(Nc3cc(F)c(F)c(F)c3)c2)CC1.Cc1ccc(Nc2cccc(C(=O)C3CCN(C)CC3)c2)cc1. The summed E-state index contributed by atoms with van der Waals surface area (Å²) in [6.07, 6.45) is 3.57. The average molecular weight is 657 g/mol. The second-order valence-electron chi connectivity index (χ2n) is 12.9. The molecule has 252 valence electrons. The lowest BCUT2D eigenvalue weighted by molar-refractivity contribution is 0.0850. The minimum atomic E-state index is -1.50. The first-order valence-corrected chi connectivity index (χ1v) is 16.5. The molecule has 48 heavy (non-hydrogen) atoms. The van der Waals surface area contributed by atoms with Gasteiger partial charge in [-0.15, -0.1) is 0 Å². The molecule has 2 fully saturated rings. The molecular weight excluding hydrogens is 613 g/mol. The fourth-order valence-corrected chi connectivity index (χ4v) is 6.11. The van der Waals surface area contributed by atoms with E-state index in [2.05, 4.69) is 58.7 Å². The molecule has 0 aliphatic carbocycles. The second kappa shape index (κ2) is 16.1. The van der Waals surface area contributed by atoms with Crippen molar-refractivity contribution in [3.63, 3.8) is 0 Å². The summed E-state index contributed by atoms with van der Waals surface area (Å²) in [7, 11) is 4.15. The second-order valence-corrected chi connectivity index (χ2v) is 12.9. The predicted octanol–water partition coefficient (Wildman–Crippen LogP) is 8.64. The van der Waals surface area contributed by atoms with Crippen molar-refractivity contribution in [2.75, 3.05) is 50.9 Å². The van der Waals surface area contributed by atoms with Crippen LogP contribution < -0.4 is 10.6 Å². The van der Waals surface area contributed by atoms with Crippen molar-refractivity contribution in [2.45, 2.75) is 32.6 Å². The Balaban J connectivity index is 0.000000188. The number of ketones is 2. The maximum Gasteiger partial charge on any atom is 0.194 e. The highest BCUT2D eigenvalue weighted by atomic mass is 19.2. The van der Waals surface area contributed by atoms with Gasteiger partial charge in [-0.05, 0) is 109 Å². The van der Waals surface area contributed by atoms with Crippen LogP contribution in [0.4, 0.5) is 35.9 Å². The quantitative estimate of drug-likeness (QED) is 0.146. The maximum atomic E-state index is 13.3. The van der Waals surface area contributed by atoms with Crippen molar-refractivity contribution in [3.8, 4) is 0 Å². The highest BCUT2D eigenvalue weighted by Gasteiger charge is 2.25. The van der Waals surface area contributed by atoms with E-state index in [9.17, 15) is 22.8 Å². The molecule has 0 atom stereocenters. The average Bonchev–Trinajstić information content (AvgIpc) is 3.09. The Morgan fingerprint density at radius 3 is 1.44 bits per heavy atom. The summed E-state index contributed by atoms with van der Waals surface area (Å²) in [6, 6.07) is 24.7. The van der Waals surface area contributed by atoms with E-state index in [-0.39, 0.29) is 29.1 Å². The van der Waals surface area contributed by atoms with E-state index in [0.717, 1.165) is 80.9 Å². The molecule has 4 aromatic rings. The minimum absolute atomic E-state index is 0.00726. The molecule has 2 aliphatic heterocycles. The van der Waals surface area contributed by atoms with Gasteiger partial charge in [0, 0.05) is 57.8 Å². The summed E-state index contributed by atoms with van der Waals surface area (Å²) in [5.74, 6) is -3.51.